The lowest BCUT2D eigenvalue weighted by atomic mass is 10.1. The van der Waals surface area contributed by atoms with E-state index in [2.05, 4.69) is 10.3 Å². The predicted molar refractivity (Wildman–Crippen MR) is 89.9 cm³/mol. The number of rotatable bonds is 6. The highest BCUT2D eigenvalue weighted by atomic mass is 32.2. The summed E-state index contributed by atoms with van der Waals surface area (Å²) in [4.78, 5) is 3.82. The normalized spacial score (nSPS) is 21.0. The van der Waals surface area contributed by atoms with Crippen molar-refractivity contribution in [3.05, 3.63) is 18.3 Å². The first-order valence-corrected chi connectivity index (χ1v) is 11.5. The minimum atomic E-state index is -3.62. The molecule has 1 aromatic heterocycles. The number of hydrogen-bond donors (Lipinski definition) is 1. The molecule has 2 heterocycles. The molecule has 134 valence electrons. The first-order valence-electron chi connectivity index (χ1n) is 8.16. The number of nitrogens with zero attached hydrogens (tertiary/aromatic N) is 2. The Morgan fingerprint density at radius 1 is 1.12 bits per heavy atom. The lowest BCUT2D eigenvalue weighted by molar-refractivity contribution is 0.288. The molecule has 1 saturated carbocycles. The summed E-state index contributed by atoms with van der Waals surface area (Å²) in [6.07, 6.45) is 6.36. The van der Waals surface area contributed by atoms with Gasteiger partial charge in [0, 0.05) is 31.6 Å². The van der Waals surface area contributed by atoms with Crippen LogP contribution in [-0.4, -0.2) is 58.1 Å². The molecule has 0 radical (unpaired) electrons. The third-order valence-electron chi connectivity index (χ3n) is 4.57. The van der Waals surface area contributed by atoms with Gasteiger partial charge in [-0.05, 0) is 50.3 Å². The van der Waals surface area contributed by atoms with Gasteiger partial charge in [0.25, 0.3) is 0 Å². The monoisotopic (exact) mass is 373 g/mol. The summed E-state index contributed by atoms with van der Waals surface area (Å²) in [6, 6.07) is 2.94. The summed E-state index contributed by atoms with van der Waals surface area (Å²) in [7, 11) is -7.05. The maximum absolute atomic E-state index is 12.6. The summed E-state index contributed by atoms with van der Waals surface area (Å²) in [5, 5.41) is 3.40. The van der Waals surface area contributed by atoms with Gasteiger partial charge < -0.3 is 5.32 Å². The number of piperidine rings is 1. The number of sulfonamides is 1. The van der Waals surface area contributed by atoms with Crippen LogP contribution in [0.4, 0.5) is 0 Å². The van der Waals surface area contributed by atoms with Gasteiger partial charge in [-0.15, -0.1) is 0 Å². The van der Waals surface area contributed by atoms with Gasteiger partial charge in [-0.3, -0.25) is 0 Å². The van der Waals surface area contributed by atoms with Crippen molar-refractivity contribution < 1.29 is 16.8 Å². The lowest BCUT2D eigenvalue weighted by Gasteiger charge is -2.31. The van der Waals surface area contributed by atoms with Gasteiger partial charge in [0.05, 0.1) is 0 Å². The van der Waals surface area contributed by atoms with Crippen LogP contribution in [0.5, 0.6) is 0 Å². The summed E-state index contributed by atoms with van der Waals surface area (Å²) in [5.41, 5.74) is 0. The van der Waals surface area contributed by atoms with Crippen molar-refractivity contribution in [1.29, 1.82) is 0 Å². The van der Waals surface area contributed by atoms with Crippen LogP contribution < -0.4 is 5.32 Å². The van der Waals surface area contributed by atoms with E-state index in [4.69, 9.17) is 0 Å². The minimum absolute atomic E-state index is 0.0410. The third-order valence-corrected chi connectivity index (χ3v) is 7.46. The highest BCUT2D eigenvalue weighted by molar-refractivity contribution is 7.90. The maximum Gasteiger partial charge on any atom is 0.244 e. The number of pyridine rings is 1. The van der Waals surface area contributed by atoms with E-state index in [0.717, 1.165) is 37.8 Å². The molecular weight excluding hydrogens is 350 g/mol. The summed E-state index contributed by atoms with van der Waals surface area (Å²) in [6.45, 7) is 1.98. The molecule has 1 aliphatic carbocycles. The Morgan fingerprint density at radius 3 is 2.29 bits per heavy atom. The molecule has 1 aromatic rings. The zero-order valence-electron chi connectivity index (χ0n) is 13.7. The van der Waals surface area contributed by atoms with E-state index in [-0.39, 0.29) is 9.92 Å². The highest BCUT2D eigenvalue weighted by Crippen LogP contribution is 2.28. The molecule has 0 aromatic carbocycles. The maximum atomic E-state index is 12.6. The minimum Gasteiger partial charge on any atom is -0.314 e. The smallest absolute Gasteiger partial charge is 0.244 e. The Balaban J connectivity index is 1.63. The lowest BCUT2D eigenvalue weighted by Crippen LogP contribution is -2.45. The number of hydrogen-bond acceptors (Lipinski definition) is 6. The fourth-order valence-electron chi connectivity index (χ4n) is 2.84. The zero-order valence-corrected chi connectivity index (χ0v) is 15.3. The largest absolute Gasteiger partial charge is 0.314 e. The second kappa shape index (κ2) is 6.70. The van der Waals surface area contributed by atoms with Crippen molar-refractivity contribution in [1.82, 2.24) is 14.6 Å². The molecule has 1 saturated heterocycles. The van der Waals surface area contributed by atoms with Crippen LogP contribution in [0.15, 0.2) is 28.3 Å². The number of sulfone groups is 1. The molecule has 24 heavy (non-hydrogen) atoms. The second-order valence-electron chi connectivity index (χ2n) is 6.63. The van der Waals surface area contributed by atoms with E-state index in [1.807, 2.05) is 0 Å². The SMILES string of the molecule is CS(=O)(=O)c1ccc(S(=O)(=O)N2CCC(NCC3CC3)CC2)cn1. The predicted octanol–water partition coefficient (Wildman–Crippen LogP) is 0.638. The molecule has 9 heteroatoms. The van der Waals surface area contributed by atoms with Crippen molar-refractivity contribution in [2.45, 2.75) is 41.6 Å². The Bertz CT molecular complexity index is 779. The van der Waals surface area contributed by atoms with Gasteiger partial charge in [-0.1, -0.05) is 0 Å². The molecule has 0 bridgehead atoms. The quantitative estimate of drug-likeness (QED) is 0.786. The van der Waals surface area contributed by atoms with Crippen molar-refractivity contribution in [2.24, 2.45) is 5.92 Å². The van der Waals surface area contributed by atoms with Crippen molar-refractivity contribution in [3.8, 4) is 0 Å². The molecular formula is C15H23N3O4S2. The van der Waals surface area contributed by atoms with Gasteiger partial charge in [0.1, 0.15) is 4.90 Å². The standard InChI is InChI=1S/C15H23N3O4S2/c1-23(19,20)15-5-4-14(11-17-15)24(21,22)18-8-6-13(7-9-18)16-10-12-2-3-12/h4-5,11-13,16H,2-3,6-10H2,1H3. The number of nitrogens with one attached hydrogen (secondary N) is 1. The van der Waals surface area contributed by atoms with E-state index in [1.54, 1.807) is 0 Å². The van der Waals surface area contributed by atoms with Crippen LogP contribution in [0.25, 0.3) is 0 Å². The first-order chi connectivity index (χ1) is 11.3. The molecule has 2 aliphatic rings. The Hall–Kier alpha value is -1.03. The van der Waals surface area contributed by atoms with E-state index in [1.165, 1.54) is 29.3 Å². The Kier molecular flexibility index (Phi) is 4.96. The molecule has 7 nitrogen and oxygen atoms in total. The molecule has 2 fully saturated rings. The number of aromatic nitrogens is 1. The van der Waals surface area contributed by atoms with E-state index >= 15 is 0 Å². The molecule has 1 N–H and O–H groups in total. The topological polar surface area (TPSA) is 96.4 Å². The van der Waals surface area contributed by atoms with Crippen LogP contribution >= 0.6 is 0 Å². The van der Waals surface area contributed by atoms with Gasteiger partial charge >= 0.3 is 0 Å². The van der Waals surface area contributed by atoms with Crippen LogP contribution in [0, 0.1) is 5.92 Å². The van der Waals surface area contributed by atoms with Gasteiger partial charge in [-0.2, -0.15) is 4.31 Å². The highest BCUT2D eigenvalue weighted by Gasteiger charge is 2.30. The Morgan fingerprint density at radius 2 is 1.79 bits per heavy atom. The average Bonchev–Trinajstić information content (AvgIpc) is 3.37. The molecule has 0 spiro atoms. The second-order valence-corrected chi connectivity index (χ2v) is 10.5. The van der Waals surface area contributed by atoms with Crippen molar-refractivity contribution in [3.63, 3.8) is 0 Å². The summed E-state index contributed by atoms with van der Waals surface area (Å²) in [5.74, 6) is 0.811. The average molecular weight is 374 g/mol. The third kappa shape index (κ3) is 4.14. The molecule has 1 aliphatic heterocycles. The van der Waals surface area contributed by atoms with Crippen molar-refractivity contribution >= 4 is 19.9 Å². The van der Waals surface area contributed by atoms with E-state index < -0.39 is 19.9 Å². The van der Waals surface area contributed by atoms with Crippen LogP contribution in [-0.2, 0) is 19.9 Å². The molecule has 0 amide bonds. The van der Waals surface area contributed by atoms with Crippen LogP contribution in [0.1, 0.15) is 25.7 Å². The summed E-state index contributed by atoms with van der Waals surface area (Å²) >= 11 is 0. The van der Waals surface area contributed by atoms with Crippen molar-refractivity contribution in [2.75, 3.05) is 25.9 Å². The summed E-state index contributed by atoms with van der Waals surface area (Å²) < 4.78 is 49.6. The van der Waals surface area contributed by atoms with Gasteiger partial charge in [0.15, 0.2) is 14.9 Å². The Labute approximate surface area is 143 Å². The van der Waals surface area contributed by atoms with Gasteiger partial charge in [0.2, 0.25) is 10.0 Å². The molecule has 0 unspecified atom stereocenters. The first kappa shape index (κ1) is 17.8. The molecule has 0 atom stereocenters. The van der Waals surface area contributed by atoms with Crippen LogP contribution in [0.2, 0.25) is 0 Å². The molecule has 3 rings (SSSR count). The van der Waals surface area contributed by atoms with E-state index in [9.17, 15) is 16.8 Å². The van der Waals surface area contributed by atoms with Gasteiger partial charge in [-0.25, -0.2) is 21.8 Å². The van der Waals surface area contributed by atoms with Crippen LogP contribution in [0.3, 0.4) is 0 Å². The zero-order chi connectivity index (χ0) is 17.4. The van der Waals surface area contributed by atoms with E-state index in [0.29, 0.717) is 19.1 Å². The fraction of sp³-hybridized carbons (Fsp3) is 0.667. The fourth-order valence-corrected chi connectivity index (χ4v) is 4.82.